The maximum Gasteiger partial charge on any atom is 0.342 e. The topological polar surface area (TPSA) is 153 Å². The van der Waals surface area contributed by atoms with E-state index in [0.717, 1.165) is 0 Å². The van der Waals surface area contributed by atoms with Gasteiger partial charge in [-0.2, -0.15) is 0 Å². The van der Waals surface area contributed by atoms with Crippen molar-refractivity contribution < 1.29 is 28.7 Å². The summed E-state index contributed by atoms with van der Waals surface area (Å²) in [6, 6.07) is 1.40. The zero-order valence-electron chi connectivity index (χ0n) is 8.41. The Bertz CT molecular complexity index is 434. The molecule has 0 aliphatic rings. The molecule has 1 heterocycles. The molecular weight excluding hydrogens is 272 g/mol. The molecule has 0 aliphatic heterocycles. The van der Waals surface area contributed by atoms with Crippen LogP contribution in [0.2, 0.25) is 0 Å². The zero-order chi connectivity index (χ0) is 13.1. The Morgan fingerprint density at radius 1 is 1.24 bits per heavy atom. The molecule has 17 heavy (non-hydrogen) atoms. The van der Waals surface area contributed by atoms with E-state index in [-0.39, 0.29) is 5.82 Å². The van der Waals surface area contributed by atoms with Crippen molar-refractivity contribution in [2.24, 2.45) is 0 Å². The highest BCUT2D eigenvalue weighted by molar-refractivity contribution is 7.70. The molecule has 0 spiro atoms. The molecule has 96 valence electrons. The lowest BCUT2D eigenvalue weighted by Crippen LogP contribution is -2.20. The van der Waals surface area contributed by atoms with E-state index in [1.54, 1.807) is 0 Å². The fraction of sp³-hybridized carbons (Fsp3) is 0.333. The minimum Gasteiger partial charge on any atom is -0.368 e. The first kappa shape index (κ1) is 14.2. The van der Waals surface area contributed by atoms with Crippen LogP contribution in [0.5, 0.6) is 0 Å². The summed E-state index contributed by atoms with van der Waals surface area (Å²) >= 11 is 0. The van der Waals surface area contributed by atoms with Crippen molar-refractivity contribution in [3.05, 3.63) is 18.6 Å². The van der Waals surface area contributed by atoms with Gasteiger partial charge in [-0.25, -0.2) is 9.97 Å². The largest absolute Gasteiger partial charge is 0.368 e. The van der Waals surface area contributed by atoms with Crippen molar-refractivity contribution in [3.8, 4) is 0 Å². The van der Waals surface area contributed by atoms with Gasteiger partial charge < -0.3 is 24.9 Å². The van der Waals surface area contributed by atoms with Crippen molar-refractivity contribution >= 4 is 21.0 Å². The molecule has 0 bridgehead atoms. The molecule has 11 heteroatoms. The smallest absolute Gasteiger partial charge is 0.342 e. The van der Waals surface area contributed by atoms with Gasteiger partial charge in [0, 0.05) is 12.7 Å². The van der Waals surface area contributed by atoms with Gasteiger partial charge in [0.15, 0.2) is 5.40 Å². The third-order valence-corrected chi connectivity index (χ3v) is 5.55. The molecule has 0 amide bonds. The van der Waals surface area contributed by atoms with Crippen LogP contribution in [0.15, 0.2) is 18.6 Å². The quantitative estimate of drug-likeness (QED) is 0.453. The summed E-state index contributed by atoms with van der Waals surface area (Å²) in [7, 11) is -9.81. The van der Waals surface area contributed by atoms with Gasteiger partial charge in [-0.05, 0) is 6.07 Å². The number of nitrogens with zero attached hydrogens (tertiary/aromatic N) is 2. The van der Waals surface area contributed by atoms with E-state index in [1.165, 1.54) is 18.6 Å². The van der Waals surface area contributed by atoms with Crippen molar-refractivity contribution in [2.45, 2.75) is 5.40 Å². The van der Waals surface area contributed by atoms with Crippen LogP contribution in [0.3, 0.4) is 0 Å². The van der Waals surface area contributed by atoms with E-state index in [0.29, 0.717) is 0 Å². The predicted molar refractivity (Wildman–Crippen MR) is 58.4 cm³/mol. The molecule has 0 aromatic carbocycles. The molecule has 0 fully saturated rings. The highest BCUT2D eigenvalue weighted by Crippen LogP contribution is 2.59. The van der Waals surface area contributed by atoms with Gasteiger partial charge in [0.2, 0.25) is 0 Å². The molecule has 0 unspecified atom stereocenters. The van der Waals surface area contributed by atoms with E-state index in [4.69, 9.17) is 19.6 Å². The third kappa shape index (κ3) is 4.51. The third-order valence-electron chi connectivity index (χ3n) is 1.82. The van der Waals surface area contributed by atoms with Gasteiger partial charge in [-0.3, -0.25) is 9.13 Å². The maximum absolute atomic E-state index is 10.9. The highest BCUT2D eigenvalue weighted by Gasteiger charge is 2.43. The maximum atomic E-state index is 10.9. The first-order valence-electron chi connectivity index (χ1n) is 4.31. The summed E-state index contributed by atoms with van der Waals surface area (Å²) in [6.07, 6.45) is 2.56. The van der Waals surface area contributed by atoms with Crippen LogP contribution in [0.4, 0.5) is 5.82 Å². The molecule has 0 saturated carbocycles. The van der Waals surface area contributed by atoms with E-state index >= 15 is 0 Å². The summed E-state index contributed by atoms with van der Waals surface area (Å²) in [5.74, 6) is 0.215. The van der Waals surface area contributed by atoms with Crippen molar-refractivity contribution in [3.63, 3.8) is 0 Å². The number of hydrogen-bond donors (Lipinski definition) is 5. The molecule has 0 atom stereocenters. The lowest BCUT2D eigenvalue weighted by Gasteiger charge is -2.19. The molecule has 5 N–H and O–H groups in total. The van der Waals surface area contributed by atoms with Crippen molar-refractivity contribution in [2.75, 3.05) is 11.9 Å². The van der Waals surface area contributed by atoms with Gasteiger partial charge in [0.25, 0.3) is 0 Å². The molecular formula is C6H11N3O6P2. The van der Waals surface area contributed by atoms with Gasteiger partial charge in [-0.15, -0.1) is 0 Å². The molecule has 1 rings (SSSR count). The van der Waals surface area contributed by atoms with Crippen LogP contribution in [0.1, 0.15) is 0 Å². The van der Waals surface area contributed by atoms with E-state index < -0.39 is 27.1 Å². The second-order valence-electron chi connectivity index (χ2n) is 3.13. The molecule has 0 aliphatic carbocycles. The second-order valence-corrected chi connectivity index (χ2v) is 7.14. The minimum absolute atomic E-state index is 0.215. The molecule has 1 aromatic rings. The fourth-order valence-corrected chi connectivity index (χ4v) is 3.25. The SMILES string of the molecule is O=P(O)(O)C(CNc1ccncn1)P(=O)(O)O. The fourth-order valence-electron chi connectivity index (χ4n) is 1.02. The average molecular weight is 283 g/mol. The van der Waals surface area contributed by atoms with Crippen LogP contribution in [-0.4, -0.2) is 41.5 Å². The summed E-state index contributed by atoms with van der Waals surface area (Å²) < 4.78 is 21.9. The second kappa shape index (κ2) is 5.22. The Labute approximate surface area is 96.3 Å². The predicted octanol–water partition coefficient (Wildman–Crippen LogP) is -0.430. The van der Waals surface area contributed by atoms with Gasteiger partial charge in [0.05, 0.1) is 0 Å². The standard InChI is InChI=1S/C6H11N3O6P2/c10-16(11,12)6(17(13,14)15)3-8-5-1-2-7-4-9-5/h1-2,4,6H,3H2,(H,7,8,9)(H2,10,11,12)(H2,13,14,15). The van der Waals surface area contributed by atoms with E-state index in [1.807, 2.05) is 0 Å². The number of hydrogen-bond acceptors (Lipinski definition) is 5. The monoisotopic (exact) mass is 283 g/mol. The van der Waals surface area contributed by atoms with E-state index in [2.05, 4.69) is 15.3 Å². The zero-order valence-corrected chi connectivity index (χ0v) is 10.2. The summed E-state index contributed by atoms with van der Waals surface area (Å²) in [6.45, 7) is -0.592. The van der Waals surface area contributed by atoms with Crippen LogP contribution < -0.4 is 5.32 Å². The Hall–Kier alpha value is -0.820. The Morgan fingerprint density at radius 2 is 1.82 bits per heavy atom. The minimum atomic E-state index is -4.90. The highest BCUT2D eigenvalue weighted by atomic mass is 31.2. The lowest BCUT2D eigenvalue weighted by atomic mass is 10.5. The number of aromatic nitrogens is 2. The average Bonchev–Trinajstić information content (AvgIpc) is 2.15. The van der Waals surface area contributed by atoms with Crippen LogP contribution >= 0.6 is 15.2 Å². The van der Waals surface area contributed by atoms with Gasteiger partial charge in [-0.1, -0.05) is 0 Å². The molecule has 1 aromatic heterocycles. The summed E-state index contributed by atoms with van der Waals surface area (Å²) in [5.41, 5.74) is 0. The summed E-state index contributed by atoms with van der Waals surface area (Å²) in [5, 5.41) is 0.330. The van der Waals surface area contributed by atoms with Crippen molar-refractivity contribution in [1.29, 1.82) is 0 Å². The number of nitrogens with one attached hydrogen (secondary N) is 1. The van der Waals surface area contributed by atoms with Crippen LogP contribution in [-0.2, 0) is 9.13 Å². The van der Waals surface area contributed by atoms with E-state index in [9.17, 15) is 9.13 Å². The van der Waals surface area contributed by atoms with Crippen LogP contribution in [0, 0.1) is 0 Å². The van der Waals surface area contributed by atoms with Crippen molar-refractivity contribution in [1.82, 2.24) is 9.97 Å². The first-order valence-corrected chi connectivity index (χ1v) is 7.68. The molecule has 0 saturated heterocycles. The molecule has 0 radical (unpaired) electrons. The van der Waals surface area contributed by atoms with Gasteiger partial charge in [0.1, 0.15) is 12.1 Å². The van der Waals surface area contributed by atoms with Gasteiger partial charge >= 0.3 is 15.2 Å². The Kier molecular flexibility index (Phi) is 4.37. The molecule has 9 nitrogen and oxygen atoms in total. The normalized spacial score (nSPS) is 12.8. The number of anilines is 1. The van der Waals surface area contributed by atoms with Crippen LogP contribution in [0.25, 0.3) is 0 Å². The Morgan fingerprint density at radius 3 is 2.24 bits per heavy atom. The summed E-state index contributed by atoms with van der Waals surface area (Å²) in [4.78, 5) is 42.6. The number of rotatable bonds is 5. The Balaban J connectivity index is 2.77. The first-order chi connectivity index (χ1) is 7.71. The lowest BCUT2D eigenvalue weighted by molar-refractivity contribution is 0.340.